The van der Waals surface area contributed by atoms with Crippen LogP contribution < -0.4 is 9.50 Å². The fourth-order valence-corrected chi connectivity index (χ4v) is 4.33. The zero-order valence-corrected chi connectivity index (χ0v) is 20.5. The number of alkyl halides is 3. The lowest BCUT2D eigenvalue weighted by Crippen LogP contribution is -2.37. The number of benzene rings is 3. The third kappa shape index (κ3) is 7.66. The van der Waals surface area contributed by atoms with Crippen LogP contribution in [0.25, 0.3) is 0 Å². The molecule has 0 heterocycles. The lowest BCUT2D eigenvalue weighted by molar-refractivity contribution is -0.137. The molecule has 3 rings (SSSR count). The maximum atomic E-state index is 14.0. The highest BCUT2D eigenvalue weighted by molar-refractivity contribution is 7.87. The number of urea groups is 1. The number of halogens is 5. The predicted molar refractivity (Wildman–Crippen MR) is 126 cm³/mol. The number of hydrogen-bond acceptors (Lipinski definition) is 4. The van der Waals surface area contributed by atoms with Gasteiger partial charge in [0.15, 0.2) is 0 Å². The summed E-state index contributed by atoms with van der Waals surface area (Å²) >= 11 is 0. The lowest BCUT2D eigenvalue weighted by atomic mass is 10.1. The van der Waals surface area contributed by atoms with Crippen LogP contribution >= 0.6 is 0 Å². The van der Waals surface area contributed by atoms with Gasteiger partial charge < -0.3 is 14.4 Å². The van der Waals surface area contributed by atoms with Crippen molar-refractivity contribution in [3.8, 4) is 5.75 Å². The Morgan fingerprint density at radius 1 is 1.00 bits per heavy atom. The minimum absolute atomic E-state index is 0.00420. The normalized spacial score (nSPS) is 11.9. The molecule has 2 amide bonds. The fourth-order valence-electron chi connectivity index (χ4n) is 3.36. The molecule has 3 aromatic rings. The maximum Gasteiger partial charge on any atom is 0.416 e. The largest absolute Gasteiger partial charge is 0.416 e. The van der Waals surface area contributed by atoms with Crippen molar-refractivity contribution >= 4 is 21.8 Å². The van der Waals surface area contributed by atoms with Gasteiger partial charge in [-0.25, -0.2) is 13.6 Å². The molecule has 198 valence electrons. The first-order chi connectivity index (χ1) is 17.2. The summed E-state index contributed by atoms with van der Waals surface area (Å²) < 4.78 is 96.3. The van der Waals surface area contributed by atoms with E-state index in [1.165, 1.54) is 23.1 Å². The highest BCUT2D eigenvalue weighted by atomic mass is 32.2. The maximum absolute atomic E-state index is 14.0. The minimum atomic E-state index is -4.73. The van der Waals surface area contributed by atoms with Crippen molar-refractivity contribution < 1.29 is 39.3 Å². The van der Waals surface area contributed by atoms with E-state index in [-0.39, 0.29) is 30.4 Å². The van der Waals surface area contributed by atoms with Crippen LogP contribution in [0.5, 0.6) is 5.75 Å². The van der Waals surface area contributed by atoms with E-state index < -0.39 is 44.4 Å². The van der Waals surface area contributed by atoms with Crippen LogP contribution in [0.1, 0.15) is 25.0 Å². The summed E-state index contributed by atoms with van der Waals surface area (Å²) in [5.74, 6) is -1.92. The second-order valence-corrected chi connectivity index (χ2v) is 10.1. The zero-order chi connectivity index (χ0) is 27.4. The van der Waals surface area contributed by atoms with Crippen molar-refractivity contribution in [2.75, 3.05) is 11.9 Å². The third-order valence-corrected chi connectivity index (χ3v) is 6.22. The number of carbonyl (C=O) groups is 1. The van der Waals surface area contributed by atoms with E-state index in [2.05, 4.69) is 5.32 Å². The first kappa shape index (κ1) is 27.9. The molecule has 0 spiro atoms. The van der Waals surface area contributed by atoms with E-state index in [1.807, 2.05) is 13.8 Å². The Bertz CT molecular complexity index is 1380. The smallest absolute Gasteiger partial charge is 0.379 e. The van der Waals surface area contributed by atoms with Crippen LogP contribution in [0.4, 0.5) is 32.4 Å². The second-order valence-electron chi connectivity index (χ2n) is 8.54. The van der Waals surface area contributed by atoms with Crippen molar-refractivity contribution in [2.24, 2.45) is 5.92 Å². The van der Waals surface area contributed by atoms with Gasteiger partial charge in [-0.05, 0) is 53.9 Å². The Hall–Kier alpha value is -3.67. The molecule has 0 saturated carbocycles. The summed E-state index contributed by atoms with van der Waals surface area (Å²) in [5.41, 5.74) is -0.921. The quantitative estimate of drug-likeness (QED) is 0.263. The van der Waals surface area contributed by atoms with Crippen molar-refractivity contribution in [3.05, 3.63) is 89.5 Å². The van der Waals surface area contributed by atoms with E-state index in [4.69, 9.17) is 4.18 Å². The van der Waals surface area contributed by atoms with Crippen molar-refractivity contribution in [2.45, 2.75) is 31.5 Å². The molecule has 0 aliphatic carbocycles. The molecule has 0 radical (unpaired) electrons. The van der Waals surface area contributed by atoms with Gasteiger partial charge in [-0.15, -0.1) is 0 Å². The summed E-state index contributed by atoms with van der Waals surface area (Å²) in [6, 6.07) is 10.9. The number of hydrogen-bond donors (Lipinski definition) is 1. The Morgan fingerprint density at radius 2 is 1.70 bits per heavy atom. The van der Waals surface area contributed by atoms with Crippen LogP contribution in [0.15, 0.2) is 71.6 Å². The standard InChI is InChI=1S/C25H23F5N2O4S/c1-16(2)14-32(24(33)31-23-10-9-19(26)13-22(23)27)15-17-5-3-7-20(11-17)36-37(34,35)21-8-4-6-18(12-21)25(28,29)30/h3-13,16H,14-15H2,1-2H3,(H,31,33). The molecule has 0 fully saturated rings. The van der Waals surface area contributed by atoms with Gasteiger partial charge in [0.1, 0.15) is 22.3 Å². The van der Waals surface area contributed by atoms with Gasteiger partial charge in [-0.1, -0.05) is 32.0 Å². The highest BCUT2D eigenvalue weighted by Gasteiger charge is 2.32. The molecule has 0 saturated heterocycles. The van der Waals surface area contributed by atoms with Crippen LogP contribution in [0.2, 0.25) is 0 Å². The molecule has 12 heteroatoms. The van der Waals surface area contributed by atoms with E-state index in [9.17, 15) is 35.2 Å². The van der Waals surface area contributed by atoms with Gasteiger partial charge >= 0.3 is 22.3 Å². The fraction of sp³-hybridized carbons (Fsp3) is 0.240. The van der Waals surface area contributed by atoms with Gasteiger partial charge in [0, 0.05) is 19.2 Å². The summed E-state index contributed by atoms with van der Waals surface area (Å²) in [6.45, 7) is 3.90. The summed E-state index contributed by atoms with van der Waals surface area (Å²) in [4.78, 5) is 13.5. The molecule has 0 atom stereocenters. The average Bonchev–Trinajstić information content (AvgIpc) is 2.79. The van der Waals surface area contributed by atoms with E-state index in [0.717, 1.165) is 30.3 Å². The number of nitrogens with one attached hydrogen (secondary N) is 1. The average molecular weight is 543 g/mol. The molecule has 0 bridgehead atoms. The Morgan fingerprint density at radius 3 is 2.35 bits per heavy atom. The van der Waals surface area contributed by atoms with Gasteiger partial charge in [0.25, 0.3) is 0 Å². The number of anilines is 1. The van der Waals surface area contributed by atoms with E-state index in [1.54, 1.807) is 6.07 Å². The van der Waals surface area contributed by atoms with Crippen molar-refractivity contribution in [1.29, 1.82) is 0 Å². The van der Waals surface area contributed by atoms with Gasteiger partial charge in [-0.3, -0.25) is 0 Å². The van der Waals surface area contributed by atoms with Crippen LogP contribution in [0, 0.1) is 17.6 Å². The Kier molecular flexibility index (Phi) is 8.42. The van der Waals surface area contributed by atoms with Crippen LogP contribution in [0.3, 0.4) is 0 Å². The zero-order valence-electron chi connectivity index (χ0n) is 19.7. The summed E-state index contributed by atoms with van der Waals surface area (Å²) in [7, 11) is -4.59. The molecule has 37 heavy (non-hydrogen) atoms. The summed E-state index contributed by atoms with van der Waals surface area (Å²) in [6.07, 6.45) is -4.73. The molecular weight excluding hydrogens is 519 g/mol. The van der Waals surface area contributed by atoms with Crippen molar-refractivity contribution in [3.63, 3.8) is 0 Å². The van der Waals surface area contributed by atoms with Gasteiger partial charge in [0.05, 0.1) is 11.3 Å². The Labute approximate surface area is 210 Å². The first-order valence-corrected chi connectivity index (χ1v) is 12.4. The lowest BCUT2D eigenvalue weighted by Gasteiger charge is -2.25. The van der Waals surface area contributed by atoms with E-state index in [0.29, 0.717) is 17.7 Å². The molecule has 0 aromatic heterocycles. The SMILES string of the molecule is CC(C)CN(Cc1cccc(OS(=O)(=O)c2cccc(C(F)(F)F)c2)c1)C(=O)Nc1ccc(F)cc1F. The van der Waals surface area contributed by atoms with E-state index >= 15 is 0 Å². The molecule has 6 nitrogen and oxygen atoms in total. The molecule has 0 aliphatic heterocycles. The first-order valence-electron chi connectivity index (χ1n) is 11.0. The number of carbonyl (C=O) groups excluding carboxylic acids is 1. The molecule has 0 unspecified atom stereocenters. The molecular formula is C25H23F5N2O4S. The van der Waals surface area contributed by atoms with Gasteiger partial charge in [-0.2, -0.15) is 21.6 Å². The highest BCUT2D eigenvalue weighted by Crippen LogP contribution is 2.31. The number of rotatable bonds is 8. The third-order valence-electron chi connectivity index (χ3n) is 4.97. The number of nitrogens with zero attached hydrogens (tertiary/aromatic N) is 1. The molecule has 1 N–H and O–H groups in total. The summed E-state index contributed by atoms with van der Waals surface area (Å²) in [5, 5.41) is 2.38. The minimum Gasteiger partial charge on any atom is -0.379 e. The van der Waals surface area contributed by atoms with Crippen molar-refractivity contribution in [1.82, 2.24) is 4.90 Å². The monoisotopic (exact) mass is 542 g/mol. The molecule has 0 aliphatic rings. The van der Waals surface area contributed by atoms with Gasteiger partial charge in [0.2, 0.25) is 0 Å². The second kappa shape index (κ2) is 11.2. The van der Waals surface area contributed by atoms with Crippen LogP contribution in [-0.4, -0.2) is 25.9 Å². The Balaban J connectivity index is 1.80. The molecule has 3 aromatic carbocycles. The number of amides is 2. The predicted octanol–water partition coefficient (Wildman–Crippen LogP) is 6.44. The topological polar surface area (TPSA) is 75.7 Å². The van der Waals surface area contributed by atoms with Crippen LogP contribution in [-0.2, 0) is 22.8 Å².